The molecule has 1 amide bonds. The molecule has 0 aliphatic carbocycles. The highest BCUT2D eigenvalue weighted by Crippen LogP contribution is 2.19. The molecule has 1 aliphatic heterocycles. The quantitative estimate of drug-likeness (QED) is 0.633. The van der Waals surface area contributed by atoms with Crippen molar-refractivity contribution < 1.29 is 4.79 Å². The molecule has 1 atom stereocenters. The van der Waals surface area contributed by atoms with Crippen LogP contribution in [0.2, 0.25) is 0 Å². The summed E-state index contributed by atoms with van der Waals surface area (Å²) in [7, 11) is 0. The number of carbonyl (C=O) groups excluding carboxylic acids is 1. The van der Waals surface area contributed by atoms with Gasteiger partial charge in [0.05, 0.1) is 5.75 Å². The molecule has 1 fully saturated rings. The molecule has 1 saturated heterocycles. The van der Waals surface area contributed by atoms with Crippen LogP contribution in [0.4, 0.5) is 5.82 Å². The third-order valence-electron chi connectivity index (χ3n) is 3.20. The SMILES string of the molecule is C[C@H]1CCCCN1C(=O)CSc1nc(N)cc(=O)[nH]1. The van der Waals surface area contributed by atoms with E-state index in [1.165, 1.54) is 24.2 Å². The van der Waals surface area contributed by atoms with E-state index in [0.29, 0.717) is 11.2 Å². The minimum absolute atomic E-state index is 0.0854. The van der Waals surface area contributed by atoms with E-state index in [1.54, 1.807) is 0 Å². The lowest BCUT2D eigenvalue weighted by Gasteiger charge is -2.33. The van der Waals surface area contributed by atoms with Gasteiger partial charge in [-0.1, -0.05) is 11.8 Å². The van der Waals surface area contributed by atoms with Crippen LogP contribution in [0, 0.1) is 0 Å². The predicted molar refractivity (Wildman–Crippen MR) is 75.0 cm³/mol. The summed E-state index contributed by atoms with van der Waals surface area (Å²) in [6.45, 7) is 2.89. The second-order valence-corrected chi connectivity index (χ2v) is 5.66. The number of aromatic amines is 1. The molecule has 2 heterocycles. The van der Waals surface area contributed by atoms with Gasteiger partial charge in [0.2, 0.25) is 5.91 Å². The molecule has 0 radical (unpaired) electrons. The Morgan fingerprint density at radius 2 is 2.42 bits per heavy atom. The first-order valence-corrected chi connectivity index (χ1v) is 7.34. The van der Waals surface area contributed by atoms with Crippen LogP contribution in [0.5, 0.6) is 0 Å². The molecule has 0 spiro atoms. The molecule has 104 valence electrons. The van der Waals surface area contributed by atoms with Crippen LogP contribution in [0.25, 0.3) is 0 Å². The fourth-order valence-corrected chi connectivity index (χ4v) is 2.97. The van der Waals surface area contributed by atoms with E-state index in [2.05, 4.69) is 16.9 Å². The normalized spacial score (nSPS) is 19.4. The molecule has 7 heteroatoms. The molecular formula is C12H18N4O2S. The van der Waals surface area contributed by atoms with Crippen molar-refractivity contribution in [3.05, 3.63) is 16.4 Å². The van der Waals surface area contributed by atoms with Crippen molar-refractivity contribution in [2.45, 2.75) is 37.4 Å². The maximum absolute atomic E-state index is 12.1. The highest BCUT2D eigenvalue weighted by Gasteiger charge is 2.23. The van der Waals surface area contributed by atoms with Gasteiger partial charge in [0.25, 0.3) is 5.56 Å². The second-order valence-electron chi connectivity index (χ2n) is 4.70. The number of nitrogens with two attached hydrogens (primary N) is 1. The van der Waals surface area contributed by atoms with E-state index >= 15 is 0 Å². The summed E-state index contributed by atoms with van der Waals surface area (Å²) in [5.74, 6) is 0.531. The number of hydrogen-bond donors (Lipinski definition) is 2. The summed E-state index contributed by atoms with van der Waals surface area (Å²) >= 11 is 1.21. The van der Waals surface area contributed by atoms with Crippen molar-refractivity contribution in [3.8, 4) is 0 Å². The second kappa shape index (κ2) is 6.10. The van der Waals surface area contributed by atoms with Crippen LogP contribution in [0.1, 0.15) is 26.2 Å². The van der Waals surface area contributed by atoms with Crippen LogP contribution in [-0.2, 0) is 4.79 Å². The van der Waals surface area contributed by atoms with Gasteiger partial charge in [0.15, 0.2) is 5.16 Å². The maximum Gasteiger partial charge on any atom is 0.253 e. The van der Waals surface area contributed by atoms with Crippen LogP contribution < -0.4 is 11.3 Å². The van der Waals surface area contributed by atoms with Crippen molar-refractivity contribution in [1.29, 1.82) is 0 Å². The lowest BCUT2D eigenvalue weighted by molar-refractivity contribution is -0.131. The van der Waals surface area contributed by atoms with Gasteiger partial charge in [-0.15, -0.1) is 0 Å². The Hall–Kier alpha value is -1.50. The Morgan fingerprint density at radius 1 is 1.63 bits per heavy atom. The number of hydrogen-bond acceptors (Lipinski definition) is 5. The number of H-pyrrole nitrogens is 1. The average Bonchev–Trinajstić information content (AvgIpc) is 2.35. The van der Waals surface area contributed by atoms with Gasteiger partial charge in [0, 0.05) is 18.7 Å². The fraction of sp³-hybridized carbons (Fsp3) is 0.583. The molecule has 1 aliphatic rings. The van der Waals surface area contributed by atoms with E-state index in [-0.39, 0.29) is 23.0 Å². The molecule has 3 N–H and O–H groups in total. The minimum atomic E-state index is -0.297. The van der Waals surface area contributed by atoms with Gasteiger partial charge < -0.3 is 15.6 Å². The van der Waals surface area contributed by atoms with Crippen LogP contribution >= 0.6 is 11.8 Å². The standard InChI is InChI=1S/C12H18N4O2S/c1-8-4-2-3-5-16(8)11(18)7-19-12-14-9(13)6-10(17)15-12/h6,8H,2-5,7H2,1H3,(H3,13,14,15,17)/t8-/m0/s1. The number of thioether (sulfide) groups is 1. The van der Waals surface area contributed by atoms with Crippen LogP contribution in [0.3, 0.4) is 0 Å². The zero-order valence-electron chi connectivity index (χ0n) is 10.9. The molecule has 0 bridgehead atoms. The van der Waals surface area contributed by atoms with E-state index in [4.69, 9.17) is 5.73 Å². The number of piperidine rings is 1. The van der Waals surface area contributed by atoms with Crippen LogP contribution in [0.15, 0.2) is 16.0 Å². The number of anilines is 1. The monoisotopic (exact) mass is 282 g/mol. The van der Waals surface area contributed by atoms with Crippen molar-refractivity contribution in [1.82, 2.24) is 14.9 Å². The summed E-state index contributed by atoms with van der Waals surface area (Å²) in [5, 5.41) is 0.392. The summed E-state index contributed by atoms with van der Waals surface area (Å²) in [4.78, 5) is 31.8. The van der Waals surface area contributed by atoms with Crippen LogP contribution in [-0.4, -0.2) is 39.1 Å². The number of amides is 1. The number of carbonyl (C=O) groups is 1. The molecule has 0 aromatic carbocycles. The number of nitrogens with zero attached hydrogens (tertiary/aromatic N) is 2. The first kappa shape index (κ1) is 13.9. The fourth-order valence-electron chi connectivity index (χ4n) is 2.20. The lowest BCUT2D eigenvalue weighted by atomic mass is 10.0. The molecule has 19 heavy (non-hydrogen) atoms. The number of aromatic nitrogens is 2. The Bertz CT molecular complexity index is 517. The Labute approximate surface area is 115 Å². The maximum atomic E-state index is 12.1. The highest BCUT2D eigenvalue weighted by molar-refractivity contribution is 7.99. The van der Waals surface area contributed by atoms with E-state index in [1.807, 2.05) is 4.90 Å². The van der Waals surface area contributed by atoms with Crippen molar-refractivity contribution in [2.24, 2.45) is 0 Å². The zero-order valence-corrected chi connectivity index (χ0v) is 11.7. The Morgan fingerprint density at radius 3 is 3.11 bits per heavy atom. The highest BCUT2D eigenvalue weighted by atomic mass is 32.2. The largest absolute Gasteiger partial charge is 0.383 e. The smallest absolute Gasteiger partial charge is 0.253 e. The third-order valence-corrected chi connectivity index (χ3v) is 4.05. The zero-order chi connectivity index (χ0) is 13.8. The molecule has 0 unspecified atom stereocenters. The van der Waals surface area contributed by atoms with Gasteiger partial charge in [-0.25, -0.2) is 4.98 Å². The van der Waals surface area contributed by atoms with Gasteiger partial charge in [-0.05, 0) is 26.2 Å². The van der Waals surface area contributed by atoms with Crippen molar-refractivity contribution in [2.75, 3.05) is 18.0 Å². The van der Waals surface area contributed by atoms with Crippen molar-refractivity contribution >= 4 is 23.5 Å². The lowest BCUT2D eigenvalue weighted by Crippen LogP contribution is -2.43. The molecular weight excluding hydrogens is 264 g/mol. The van der Waals surface area contributed by atoms with E-state index < -0.39 is 0 Å². The molecule has 1 aromatic heterocycles. The van der Waals surface area contributed by atoms with Gasteiger partial charge in [-0.2, -0.15) is 0 Å². The summed E-state index contributed by atoms with van der Waals surface area (Å²) in [6, 6.07) is 1.52. The van der Waals surface area contributed by atoms with Gasteiger partial charge in [0.1, 0.15) is 5.82 Å². The molecule has 0 saturated carbocycles. The minimum Gasteiger partial charge on any atom is -0.383 e. The summed E-state index contributed by atoms with van der Waals surface area (Å²) in [5.41, 5.74) is 5.19. The Kier molecular flexibility index (Phi) is 4.47. The molecule has 2 rings (SSSR count). The first-order chi connectivity index (χ1) is 9.06. The Balaban J connectivity index is 1.94. The number of rotatable bonds is 3. The number of nitrogens with one attached hydrogen (secondary N) is 1. The van der Waals surface area contributed by atoms with Crippen molar-refractivity contribution in [3.63, 3.8) is 0 Å². The molecule has 6 nitrogen and oxygen atoms in total. The van der Waals surface area contributed by atoms with E-state index in [9.17, 15) is 9.59 Å². The molecule has 1 aromatic rings. The van der Waals surface area contributed by atoms with Gasteiger partial charge >= 0.3 is 0 Å². The first-order valence-electron chi connectivity index (χ1n) is 6.35. The topological polar surface area (TPSA) is 92.1 Å². The number of nitrogen functional groups attached to an aromatic ring is 1. The average molecular weight is 282 g/mol. The predicted octanol–water partition coefficient (Wildman–Crippen LogP) is 0.845. The third kappa shape index (κ3) is 3.73. The summed E-state index contributed by atoms with van der Waals surface area (Å²) < 4.78 is 0. The van der Waals surface area contributed by atoms with E-state index in [0.717, 1.165) is 19.4 Å². The van der Waals surface area contributed by atoms with Gasteiger partial charge in [-0.3, -0.25) is 9.59 Å². The summed E-state index contributed by atoms with van der Waals surface area (Å²) in [6.07, 6.45) is 3.31. The number of likely N-dealkylation sites (tertiary alicyclic amines) is 1.